The lowest BCUT2D eigenvalue weighted by molar-refractivity contribution is -0.137. The molecule has 0 aliphatic carbocycles. The molecule has 0 aliphatic heterocycles. The van der Waals surface area contributed by atoms with Gasteiger partial charge in [0.1, 0.15) is 0 Å². The van der Waals surface area contributed by atoms with Crippen molar-refractivity contribution in [1.29, 1.82) is 0 Å². The van der Waals surface area contributed by atoms with Crippen LogP contribution in [0.3, 0.4) is 0 Å². The van der Waals surface area contributed by atoms with Crippen molar-refractivity contribution in [2.75, 3.05) is 0 Å². The van der Waals surface area contributed by atoms with Gasteiger partial charge >= 0.3 is 5.97 Å². The van der Waals surface area contributed by atoms with Crippen molar-refractivity contribution in [2.24, 2.45) is 0 Å². The lowest BCUT2D eigenvalue weighted by Crippen LogP contribution is -2.32. The van der Waals surface area contributed by atoms with Gasteiger partial charge < -0.3 is 10.4 Å². The van der Waals surface area contributed by atoms with E-state index in [9.17, 15) is 9.59 Å². The summed E-state index contributed by atoms with van der Waals surface area (Å²) in [5, 5.41) is 12.5. The molecule has 6 heteroatoms. The van der Waals surface area contributed by atoms with E-state index in [0.29, 0.717) is 12.8 Å². The Morgan fingerprint density at radius 1 is 1.32 bits per heavy atom. The normalized spacial score (nSPS) is 12.2. The molecule has 0 saturated carbocycles. The number of aryl methyl sites for hydroxylation is 1. The second-order valence-electron chi connectivity index (χ2n) is 5.33. The van der Waals surface area contributed by atoms with Gasteiger partial charge in [-0.1, -0.05) is 12.1 Å². The van der Waals surface area contributed by atoms with E-state index in [2.05, 4.69) is 10.3 Å². The Labute approximate surface area is 133 Å². The zero-order valence-corrected chi connectivity index (χ0v) is 13.4. The number of aromatic nitrogens is 1. The predicted molar refractivity (Wildman–Crippen MR) is 87.0 cm³/mol. The van der Waals surface area contributed by atoms with Gasteiger partial charge in [0.05, 0.1) is 15.2 Å². The van der Waals surface area contributed by atoms with Gasteiger partial charge in [-0.15, -0.1) is 11.3 Å². The van der Waals surface area contributed by atoms with Crippen molar-refractivity contribution in [3.63, 3.8) is 0 Å². The first-order valence-corrected chi connectivity index (χ1v) is 8.22. The topological polar surface area (TPSA) is 79.3 Å². The standard InChI is InChI=1S/C16H20N2O3S/c1-11(9-10-16(20)21)17-14(19)7-4-8-15-18-12-5-2-3-6-13(12)22-15/h2-3,5-6,11H,4,7-10H2,1H3,(H,17,19)(H,20,21). The van der Waals surface area contributed by atoms with E-state index in [-0.39, 0.29) is 18.4 Å². The molecule has 1 aromatic carbocycles. The molecule has 0 aliphatic rings. The minimum absolute atomic E-state index is 0.0287. The Kier molecular flexibility index (Phi) is 5.89. The number of rotatable bonds is 8. The second kappa shape index (κ2) is 7.89. The minimum Gasteiger partial charge on any atom is -0.481 e. The molecular formula is C16H20N2O3S. The Balaban J connectivity index is 1.71. The summed E-state index contributed by atoms with van der Waals surface area (Å²) in [5.41, 5.74) is 1.01. The molecule has 22 heavy (non-hydrogen) atoms. The van der Waals surface area contributed by atoms with Gasteiger partial charge in [0, 0.05) is 18.9 Å². The van der Waals surface area contributed by atoms with Gasteiger partial charge in [-0.2, -0.15) is 0 Å². The molecule has 0 spiro atoms. The molecule has 2 N–H and O–H groups in total. The number of thiazole rings is 1. The number of fused-ring (bicyclic) bond motifs is 1. The van der Waals surface area contributed by atoms with Crippen LogP contribution in [-0.2, 0) is 16.0 Å². The van der Waals surface area contributed by atoms with E-state index >= 15 is 0 Å². The Morgan fingerprint density at radius 3 is 2.82 bits per heavy atom. The third kappa shape index (κ3) is 5.11. The van der Waals surface area contributed by atoms with E-state index in [1.165, 1.54) is 4.70 Å². The maximum atomic E-state index is 11.8. The third-order valence-electron chi connectivity index (χ3n) is 3.33. The fourth-order valence-electron chi connectivity index (χ4n) is 2.19. The highest BCUT2D eigenvalue weighted by Gasteiger charge is 2.10. The highest BCUT2D eigenvalue weighted by atomic mass is 32.1. The molecular weight excluding hydrogens is 300 g/mol. The van der Waals surface area contributed by atoms with Crippen LogP contribution >= 0.6 is 11.3 Å². The number of hydrogen-bond acceptors (Lipinski definition) is 4. The Morgan fingerprint density at radius 2 is 2.09 bits per heavy atom. The molecule has 2 aromatic rings. The molecule has 0 bridgehead atoms. The van der Waals surface area contributed by atoms with Crippen molar-refractivity contribution in [2.45, 2.75) is 45.1 Å². The molecule has 1 aromatic heterocycles. The number of carboxylic acid groups (broad SMARTS) is 1. The predicted octanol–water partition coefficient (Wildman–Crippen LogP) is 2.99. The molecule has 118 valence electrons. The molecule has 0 radical (unpaired) electrons. The number of hydrogen-bond donors (Lipinski definition) is 2. The summed E-state index contributed by atoms with van der Waals surface area (Å²) in [5.74, 6) is -0.865. The number of benzene rings is 1. The van der Waals surface area contributed by atoms with Gasteiger partial charge in [-0.25, -0.2) is 4.98 Å². The Bertz CT molecular complexity index is 621. The van der Waals surface area contributed by atoms with Crippen LogP contribution in [0.5, 0.6) is 0 Å². The first-order chi connectivity index (χ1) is 10.5. The van der Waals surface area contributed by atoms with Crippen molar-refractivity contribution in [3.8, 4) is 0 Å². The maximum Gasteiger partial charge on any atom is 0.303 e. The van der Waals surface area contributed by atoms with Crippen molar-refractivity contribution in [3.05, 3.63) is 29.3 Å². The first kappa shape index (κ1) is 16.4. The van der Waals surface area contributed by atoms with Crippen molar-refractivity contribution >= 4 is 33.4 Å². The lowest BCUT2D eigenvalue weighted by atomic mass is 10.1. The molecule has 0 saturated heterocycles. The van der Waals surface area contributed by atoms with Crippen LogP contribution in [-0.4, -0.2) is 28.0 Å². The quantitative estimate of drug-likeness (QED) is 0.783. The van der Waals surface area contributed by atoms with Crippen LogP contribution in [0.15, 0.2) is 24.3 Å². The highest BCUT2D eigenvalue weighted by molar-refractivity contribution is 7.18. The SMILES string of the molecule is CC(CCC(=O)O)NC(=O)CCCc1nc2ccccc2s1. The van der Waals surface area contributed by atoms with Crippen LogP contribution in [0.1, 0.15) is 37.6 Å². The zero-order valence-electron chi connectivity index (χ0n) is 12.5. The summed E-state index contributed by atoms with van der Waals surface area (Å²) < 4.78 is 1.17. The maximum absolute atomic E-state index is 11.8. The lowest BCUT2D eigenvalue weighted by Gasteiger charge is -2.12. The number of aliphatic carboxylic acids is 1. The van der Waals surface area contributed by atoms with Gasteiger partial charge in [0.2, 0.25) is 5.91 Å². The summed E-state index contributed by atoms with van der Waals surface area (Å²) in [6, 6.07) is 7.90. The van der Waals surface area contributed by atoms with E-state index in [0.717, 1.165) is 23.4 Å². The average Bonchev–Trinajstić information content (AvgIpc) is 2.87. The van der Waals surface area contributed by atoms with E-state index in [4.69, 9.17) is 5.11 Å². The fourth-order valence-corrected chi connectivity index (χ4v) is 3.20. The summed E-state index contributed by atoms with van der Waals surface area (Å²) in [6.45, 7) is 1.83. The summed E-state index contributed by atoms with van der Waals surface area (Å²) in [7, 11) is 0. The third-order valence-corrected chi connectivity index (χ3v) is 4.43. The first-order valence-electron chi connectivity index (χ1n) is 7.40. The Hall–Kier alpha value is -1.95. The van der Waals surface area contributed by atoms with Gasteiger partial charge in [0.25, 0.3) is 0 Å². The highest BCUT2D eigenvalue weighted by Crippen LogP contribution is 2.22. The van der Waals surface area contributed by atoms with Crippen LogP contribution in [0.2, 0.25) is 0 Å². The summed E-state index contributed by atoms with van der Waals surface area (Å²) >= 11 is 1.67. The number of nitrogens with zero attached hydrogens (tertiary/aromatic N) is 1. The van der Waals surface area contributed by atoms with Gasteiger partial charge in [0.15, 0.2) is 0 Å². The van der Waals surface area contributed by atoms with Crippen molar-refractivity contribution in [1.82, 2.24) is 10.3 Å². The summed E-state index contributed by atoms with van der Waals surface area (Å²) in [4.78, 5) is 26.8. The zero-order chi connectivity index (χ0) is 15.9. The number of carboxylic acids is 1. The smallest absolute Gasteiger partial charge is 0.303 e. The second-order valence-corrected chi connectivity index (χ2v) is 6.45. The van der Waals surface area contributed by atoms with E-state index in [1.807, 2.05) is 31.2 Å². The number of para-hydroxylation sites is 1. The molecule has 1 amide bonds. The molecule has 1 atom stereocenters. The molecule has 5 nitrogen and oxygen atoms in total. The molecule has 0 fully saturated rings. The number of carbonyl (C=O) groups is 2. The van der Waals surface area contributed by atoms with Crippen LogP contribution < -0.4 is 5.32 Å². The summed E-state index contributed by atoms with van der Waals surface area (Å²) in [6.07, 6.45) is 2.51. The number of carbonyl (C=O) groups excluding carboxylic acids is 1. The van der Waals surface area contributed by atoms with E-state index < -0.39 is 5.97 Å². The minimum atomic E-state index is -0.836. The molecule has 2 rings (SSSR count). The van der Waals surface area contributed by atoms with Gasteiger partial charge in [-0.05, 0) is 38.3 Å². The largest absolute Gasteiger partial charge is 0.481 e. The molecule has 1 heterocycles. The molecule has 1 unspecified atom stereocenters. The average molecular weight is 320 g/mol. The van der Waals surface area contributed by atoms with Crippen molar-refractivity contribution < 1.29 is 14.7 Å². The van der Waals surface area contributed by atoms with Crippen LogP contribution in [0, 0.1) is 0 Å². The van der Waals surface area contributed by atoms with E-state index in [1.54, 1.807) is 11.3 Å². The van der Waals surface area contributed by atoms with Crippen LogP contribution in [0.25, 0.3) is 10.2 Å². The monoisotopic (exact) mass is 320 g/mol. The number of nitrogens with one attached hydrogen (secondary N) is 1. The van der Waals surface area contributed by atoms with Gasteiger partial charge in [-0.3, -0.25) is 9.59 Å². The fraction of sp³-hybridized carbons (Fsp3) is 0.438. The number of amides is 1. The van der Waals surface area contributed by atoms with Crippen LogP contribution in [0.4, 0.5) is 0 Å².